The molecule has 0 unspecified atom stereocenters. The van der Waals surface area contributed by atoms with Crippen molar-refractivity contribution in [2.75, 3.05) is 13.7 Å². The van der Waals surface area contributed by atoms with Gasteiger partial charge in [-0.05, 0) is 22.4 Å². The molecule has 0 bridgehead atoms. The van der Waals surface area contributed by atoms with Crippen LogP contribution in [0.1, 0.15) is 23.2 Å². The van der Waals surface area contributed by atoms with Crippen LogP contribution >= 0.6 is 27.3 Å². The van der Waals surface area contributed by atoms with Crippen molar-refractivity contribution in [2.24, 2.45) is 0 Å². The number of methoxy groups -OCH3 is 1. The standard InChI is InChI=1S/C9H11BrO2S/c1-12-4-2-3-9(11)7-5-13-6-8(7)10/h5-6H,2-4H2,1H3. The molecule has 0 radical (unpaired) electrons. The van der Waals surface area contributed by atoms with E-state index in [0.29, 0.717) is 13.0 Å². The highest BCUT2D eigenvalue weighted by Crippen LogP contribution is 2.22. The molecule has 1 aromatic rings. The van der Waals surface area contributed by atoms with Gasteiger partial charge >= 0.3 is 0 Å². The molecule has 0 atom stereocenters. The Hall–Kier alpha value is -0.190. The van der Waals surface area contributed by atoms with E-state index in [1.165, 1.54) is 11.3 Å². The van der Waals surface area contributed by atoms with Crippen molar-refractivity contribution in [3.63, 3.8) is 0 Å². The monoisotopic (exact) mass is 262 g/mol. The van der Waals surface area contributed by atoms with Crippen molar-refractivity contribution in [3.8, 4) is 0 Å². The average molecular weight is 263 g/mol. The van der Waals surface area contributed by atoms with Crippen molar-refractivity contribution in [2.45, 2.75) is 12.8 Å². The number of thiophene rings is 1. The Morgan fingerprint density at radius 3 is 2.92 bits per heavy atom. The van der Waals surface area contributed by atoms with Gasteiger partial charge in [-0.2, -0.15) is 11.3 Å². The molecule has 0 aromatic carbocycles. The molecule has 0 fully saturated rings. The normalized spacial score (nSPS) is 10.3. The molecule has 0 spiro atoms. The number of hydrogen-bond acceptors (Lipinski definition) is 3. The third-order valence-electron chi connectivity index (χ3n) is 1.67. The van der Waals surface area contributed by atoms with E-state index in [4.69, 9.17) is 4.74 Å². The van der Waals surface area contributed by atoms with Crippen LogP contribution in [0.5, 0.6) is 0 Å². The molecule has 2 nitrogen and oxygen atoms in total. The lowest BCUT2D eigenvalue weighted by atomic mass is 10.1. The zero-order chi connectivity index (χ0) is 9.68. The molecule has 0 saturated heterocycles. The molecule has 1 aromatic heterocycles. The third kappa shape index (κ3) is 3.21. The second-order valence-corrected chi connectivity index (χ2v) is 4.25. The van der Waals surface area contributed by atoms with Crippen molar-refractivity contribution in [1.82, 2.24) is 0 Å². The molecule has 72 valence electrons. The maximum Gasteiger partial charge on any atom is 0.164 e. The summed E-state index contributed by atoms with van der Waals surface area (Å²) in [7, 11) is 1.64. The highest BCUT2D eigenvalue weighted by atomic mass is 79.9. The molecule has 13 heavy (non-hydrogen) atoms. The van der Waals surface area contributed by atoms with Gasteiger partial charge in [-0.3, -0.25) is 4.79 Å². The summed E-state index contributed by atoms with van der Waals surface area (Å²) in [6.07, 6.45) is 1.35. The van der Waals surface area contributed by atoms with E-state index in [0.717, 1.165) is 16.5 Å². The summed E-state index contributed by atoms with van der Waals surface area (Å²) in [5.74, 6) is 0.185. The lowest BCUT2D eigenvalue weighted by molar-refractivity contribution is 0.0963. The van der Waals surface area contributed by atoms with Crippen LogP contribution in [0.2, 0.25) is 0 Å². The van der Waals surface area contributed by atoms with Gasteiger partial charge in [0.25, 0.3) is 0 Å². The Labute approximate surface area is 90.0 Å². The van der Waals surface area contributed by atoms with Gasteiger partial charge < -0.3 is 4.74 Å². The van der Waals surface area contributed by atoms with E-state index in [-0.39, 0.29) is 5.78 Å². The maximum absolute atomic E-state index is 11.5. The van der Waals surface area contributed by atoms with Gasteiger partial charge in [0.2, 0.25) is 0 Å². The summed E-state index contributed by atoms with van der Waals surface area (Å²) in [6, 6.07) is 0. The van der Waals surface area contributed by atoms with E-state index in [1.807, 2.05) is 10.8 Å². The van der Waals surface area contributed by atoms with Gasteiger partial charge in [-0.15, -0.1) is 0 Å². The van der Waals surface area contributed by atoms with Crippen LogP contribution in [0, 0.1) is 0 Å². The third-order valence-corrected chi connectivity index (χ3v) is 3.37. The van der Waals surface area contributed by atoms with Gasteiger partial charge in [0.1, 0.15) is 0 Å². The summed E-state index contributed by atoms with van der Waals surface area (Å²) in [4.78, 5) is 11.5. The van der Waals surface area contributed by atoms with Crippen molar-refractivity contribution >= 4 is 33.0 Å². The van der Waals surface area contributed by atoms with Gasteiger partial charge in [-0.25, -0.2) is 0 Å². The largest absolute Gasteiger partial charge is 0.385 e. The van der Waals surface area contributed by atoms with Gasteiger partial charge in [0.15, 0.2) is 5.78 Å². The van der Waals surface area contributed by atoms with Crippen LogP contribution in [0.3, 0.4) is 0 Å². The lowest BCUT2D eigenvalue weighted by Crippen LogP contribution is -2.00. The second kappa shape index (κ2) is 5.52. The Balaban J connectivity index is 2.45. The minimum Gasteiger partial charge on any atom is -0.385 e. The van der Waals surface area contributed by atoms with Crippen LogP contribution in [0.25, 0.3) is 0 Å². The fraction of sp³-hybridized carbons (Fsp3) is 0.444. The minimum absolute atomic E-state index is 0.185. The first kappa shape index (κ1) is 10.9. The SMILES string of the molecule is COCCCC(=O)c1cscc1Br. The van der Waals surface area contributed by atoms with Gasteiger partial charge in [0.05, 0.1) is 0 Å². The number of carbonyl (C=O) groups excluding carboxylic acids is 1. The predicted molar refractivity (Wildman–Crippen MR) is 57.5 cm³/mol. The molecule has 4 heteroatoms. The molecular formula is C9H11BrO2S. The summed E-state index contributed by atoms with van der Waals surface area (Å²) in [5, 5.41) is 3.79. The molecule has 1 heterocycles. The summed E-state index contributed by atoms with van der Waals surface area (Å²) in [6.45, 7) is 0.646. The number of ether oxygens (including phenoxy) is 1. The molecule has 0 aliphatic rings. The fourth-order valence-corrected chi connectivity index (χ4v) is 2.51. The molecule has 1 rings (SSSR count). The van der Waals surface area contributed by atoms with E-state index in [1.54, 1.807) is 7.11 Å². The van der Waals surface area contributed by atoms with Gasteiger partial charge in [0, 0.05) is 40.9 Å². The Morgan fingerprint density at radius 1 is 1.62 bits per heavy atom. The zero-order valence-electron chi connectivity index (χ0n) is 7.38. The zero-order valence-corrected chi connectivity index (χ0v) is 9.78. The van der Waals surface area contributed by atoms with Gasteiger partial charge in [-0.1, -0.05) is 0 Å². The summed E-state index contributed by atoms with van der Waals surface area (Å²) in [5.41, 5.74) is 0.793. The van der Waals surface area contributed by atoms with Crippen molar-refractivity contribution in [1.29, 1.82) is 0 Å². The molecule has 0 aliphatic heterocycles. The first-order valence-corrected chi connectivity index (χ1v) is 5.73. The van der Waals surface area contributed by atoms with E-state index in [2.05, 4.69) is 15.9 Å². The number of carbonyl (C=O) groups is 1. The van der Waals surface area contributed by atoms with Crippen molar-refractivity contribution in [3.05, 3.63) is 20.8 Å². The molecule has 0 aliphatic carbocycles. The Bertz CT molecular complexity index is 283. The quantitative estimate of drug-likeness (QED) is 0.602. The Morgan fingerprint density at radius 2 is 2.38 bits per heavy atom. The van der Waals surface area contributed by atoms with Crippen molar-refractivity contribution < 1.29 is 9.53 Å². The first-order valence-electron chi connectivity index (χ1n) is 3.99. The maximum atomic E-state index is 11.5. The number of ketones is 1. The number of halogens is 1. The smallest absolute Gasteiger partial charge is 0.164 e. The minimum atomic E-state index is 0.185. The molecule has 0 N–H and O–H groups in total. The highest BCUT2D eigenvalue weighted by Gasteiger charge is 2.09. The van der Waals surface area contributed by atoms with E-state index in [9.17, 15) is 4.79 Å². The lowest BCUT2D eigenvalue weighted by Gasteiger charge is -1.98. The Kier molecular flexibility index (Phi) is 4.62. The predicted octanol–water partition coefficient (Wildman–Crippen LogP) is 3.12. The van der Waals surface area contributed by atoms with Crippen LogP contribution in [0.4, 0.5) is 0 Å². The highest BCUT2D eigenvalue weighted by molar-refractivity contribution is 9.10. The number of hydrogen-bond donors (Lipinski definition) is 0. The first-order chi connectivity index (χ1) is 6.25. The van der Waals surface area contributed by atoms with E-state index < -0.39 is 0 Å². The topological polar surface area (TPSA) is 26.3 Å². The second-order valence-electron chi connectivity index (χ2n) is 2.65. The van der Waals surface area contributed by atoms with E-state index >= 15 is 0 Å². The van der Waals surface area contributed by atoms with Crippen LogP contribution in [-0.4, -0.2) is 19.5 Å². The van der Waals surface area contributed by atoms with Crippen LogP contribution < -0.4 is 0 Å². The molecule has 0 saturated carbocycles. The molecular weight excluding hydrogens is 252 g/mol. The molecule has 0 amide bonds. The number of Topliss-reactive ketones (excluding diaryl/α,β-unsaturated/α-hetero) is 1. The van der Waals surface area contributed by atoms with Crippen LogP contribution in [-0.2, 0) is 4.74 Å². The number of rotatable bonds is 5. The van der Waals surface area contributed by atoms with Crippen LogP contribution in [0.15, 0.2) is 15.2 Å². The fourth-order valence-electron chi connectivity index (χ4n) is 0.992. The summed E-state index contributed by atoms with van der Waals surface area (Å²) < 4.78 is 5.78. The average Bonchev–Trinajstić information content (AvgIpc) is 2.52. The summed E-state index contributed by atoms with van der Waals surface area (Å²) >= 11 is 4.87.